The standard InChI is InChI=1S/C45H48N6O10S/c1-45(2,3)60-44(53)49-27-32(51(59-28-30-13-5-4-6-14-30)62(56,57)40-20-12-11-19-38(40)50(54)55)21-22-39(49)41-46-42(61-47-41)31-23-25-48(26-24-31)43(52)58-29-37-35-17-9-7-15-33(35)34-16-8-10-18-36(34)37/h4-20,31-32,37,39H,21-29H2,1-3H3. The van der Waals surface area contributed by atoms with Gasteiger partial charge in [0.1, 0.15) is 12.2 Å². The number of nitro groups is 1. The van der Waals surface area contributed by atoms with Gasteiger partial charge in [-0.05, 0) is 80.3 Å². The summed E-state index contributed by atoms with van der Waals surface area (Å²) in [6, 6.07) is 28.6. The van der Waals surface area contributed by atoms with Gasteiger partial charge in [-0.2, -0.15) is 4.98 Å². The molecule has 2 aliphatic heterocycles. The van der Waals surface area contributed by atoms with E-state index in [-0.39, 0.29) is 56.4 Å². The number of carbonyl (C=O) groups is 2. The van der Waals surface area contributed by atoms with Gasteiger partial charge < -0.3 is 18.9 Å². The van der Waals surface area contributed by atoms with Gasteiger partial charge in [0.25, 0.3) is 15.7 Å². The molecule has 1 aliphatic carbocycles. The van der Waals surface area contributed by atoms with Gasteiger partial charge in [-0.3, -0.25) is 19.9 Å². The van der Waals surface area contributed by atoms with Crippen LogP contribution in [0.15, 0.2) is 113 Å². The third kappa shape index (κ3) is 8.91. The van der Waals surface area contributed by atoms with Crippen molar-refractivity contribution in [2.45, 2.75) is 87.5 Å². The van der Waals surface area contributed by atoms with Gasteiger partial charge in [-0.1, -0.05) is 101 Å². The zero-order valence-corrected chi connectivity index (χ0v) is 35.5. The molecule has 2 saturated heterocycles. The van der Waals surface area contributed by atoms with E-state index < -0.39 is 49.3 Å². The molecule has 16 nitrogen and oxygen atoms in total. The lowest BCUT2D eigenvalue weighted by Gasteiger charge is -2.41. The Morgan fingerprint density at radius 2 is 1.48 bits per heavy atom. The van der Waals surface area contributed by atoms with Crippen LogP contribution in [0.1, 0.15) is 92.7 Å². The molecule has 62 heavy (non-hydrogen) atoms. The van der Waals surface area contributed by atoms with Crippen molar-refractivity contribution >= 4 is 27.9 Å². The summed E-state index contributed by atoms with van der Waals surface area (Å²) in [7, 11) is -4.66. The highest BCUT2D eigenvalue weighted by Gasteiger charge is 2.45. The zero-order valence-electron chi connectivity index (χ0n) is 34.7. The molecular formula is C45H48N6O10S. The number of amides is 2. The van der Waals surface area contributed by atoms with Gasteiger partial charge in [0.2, 0.25) is 5.89 Å². The smallest absolute Gasteiger partial charge is 0.410 e. The number of ether oxygens (including phenoxy) is 2. The molecule has 324 valence electrons. The third-order valence-corrected chi connectivity index (χ3v) is 13.2. The number of fused-ring (bicyclic) bond motifs is 3. The molecular weight excluding hydrogens is 817 g/mol. The van der Waals surface area contributed by atoms with Gasteiger partial charge in [-0.25, -0.2) is 18.0 Å². The number of nitro benzene ring substituents is 1. The molecule has 0 radical (unpaired) electrons. The summed E-state index contributed by atoms with van der Waals surface area (Å²) < 4.78 is 47.0. The minimum atomic E-state index is -4.66. The number of hydroxylamine groups is 1. The van der Waals surface area contributed by atoms with Gasteiger partial charge in [0, 0.05) is 37.5 Å². The number of piperidine rings is 2. The average molecular weight is 865 g/mol. The van der Waals surface area contributed by atoms with E-state index in [1.54, 1.807) is 49.9 Å². The summed E-state index contributed by atoms with van der Waals surface area (Å²) in [5.41, 5.74) is 3.75. The van der Waals surface area contributed by atoms with Crippen molar-refractivity contribution in [3.05, 3.63) is 142 Å². The molecule has 17 heteroatoms. The largest absolute Gasteiger partial charge is 0.448 e. The van der Waals surface area contributed by atoms with Crippen LogP contribution in [0.2, 0.25) is 0 Å². The number of likely N-dealkylation sites (tertiary alicyclic amines) is 2. The number of nitrogens with zero attached hydrogens (tertiary/aromatic N) is 6. The first-order valence-corrected chi connectivity index (χ1v) is 22.1. The lowest BCUT2D eigenvalue weighted by molar-refractivity contribution is -0.388. The van der Waals surface area contributed by atoms with Crippen molar-refractivity contribution in [1.29, 1.82) is 0 Å². The number of hydrogen-bond donors (Lipinski definition) is 0. The SMILES string of the molecule is CC(C)(C)OC(=O)N1CC(N(OCc2ccccc2)S(=O)(=O)c2ccccc2[N+](=O)[O-])CCC1c1noc(C2CCN(C(=O)OCC3c4ccccc4-c4ccccc43)CC2)n1. The molecule has 2 amide bonds. The van der Waals surface area contributed by atoms with E-state index >= 15 is 0 Å². The Morgan fingerprint density at radius 3 is 2.15 bits per heavy atom. The number of para-hydroxylation sites is 1. The first kappa shape index (κ1) is 42.5. The summed E-state index contributed by atoms with van der Waals surface area (Å²) >= 11 is 0. The Bertz CT molecular complexity index is 2490. The van der Waals surface area contributed by atoms with E-state index in [2.05, 4.69) is 29.4 Å². The molecule has 1 aromatic heterocycles. The predicted molar refractivity (Wildman–Crippen MR) is 225 cm³/mol. The lowest BCUT2D eigenvalue weighted by Crippen LogP contribution is -2.53. The molecule has 0 N–H and O–H groups in total. The van der Waals surface area contributed by atoms with Crippen LogP contribution in [-0.4, -0.2) is 87.8 Å². The summed E-state index contributed by atoms with van der Waals surface area (Å²) in [5, 5.41) is 16.3. The van der Waals surface area contributed by atoms with E-state index in [4.69, 9.17) is 23.8 Å². The molecule has 0 bridgehead atoms. The van der Waals surface area contributed by atoms with Gasteiger partial charge >= 0.3 is 12.2 Å². The number of hydrogen-bond acceptors (Lipinski definition) is 12. The Morgan fingerprint density at radius 1 is 0.855 bits per heavy atom. The molecule has 8 rings (SSSR count). The summed E-state index contributed by atoms with van der Waals surface area (Å²) in [6.07, 6.45) is 0.326. The van der Waals surface area contributed by atoms with E-state index in [0.717, 1.165) is 38.9 Å². The van der Waals surface area contributed by atoms with Crippen molar-refractivity contribution in [1.82, 2.24) is 24.4 Å². The summed E-state index contributed by atoms with van der Waals surface area (Å²) in [4.78, 5) is 51.8. The number of sulfonamides is 1. The average Bonchev–Trinajstić information content (AvgIpc) is 3.89. The molecule has 2 atom stereocenters. The molecule has 0 saturated carbocycles. The van der Waals surface area contributed by atoms with E-state index in [0.29, 0.717) is 37.4 Å². The first-order chi connectivity index (χ1) is 29.8. The highest BCUT2D eigenvalue weighted by Crippen LogP contribution is 2.45. The summed E-state index contributed by atoms with van der Waals surface area (Å²) in [6.45, 7) is 5.84. The van der Waals surface area contributed by atoms with Crippen molar-refractivity contribution < 1.29 is 41.8 Å². The number of carbonyl (C=O) groups excluding carboxylic acids is 2. The van der Waals surface area contributed by atoms with Crippen molar-refractivity contribution in [3.8, 4) is 11.1 Å². The zero-order chi connectivity index (χ0) is 43.6. The fourth-order valence-corrected chi connectivity index (χ4v) is 10.1. The lowest BCUT2D eigenvalue weighted by atomic mass is 9.96. The van der Waals surface area contributed by atoms with Crippen LogP contribution in [0.5, 0.6) is 0 Å². The Hall–Kier alpha value is -6.17. The predicted octanol–water partition coefficient (Wildman–Crippen LogP) is 8.37. The fourth-order valence-electron chi connectivity index (χ4n) is 8.46. The quantitative estimate of drug-likeness (QED) is 0.0913. The normalized spacial score (nSPS) is 18.3. The molecule has 3 aliphatic rings. The van der Waals surface area contributed by atoms with Crippen LogP contribution in [0.4, 0.5) is 15.3 Å². The third-order valence-electron chi connectivity index (χ3n) is 11.5. The van der Waals surface area contributed by atoms with Crippen molar-refractivity contribution in [3.63, 3.8) is 0 Å². The monoisotopic (exact) mass is 864 g/mol. The maximum Gasteiger partial charge on any atom is 0.410 e. The highest BCUT2D eigenvalue weighted by molar-refractivity contribution is 7.89. The molecule has 0 spiro atoms. The minimum absolute atomic E-state index is 0.0457. The second-order valence-electron chi connectivity index (χ2n) is 16.7. The van der Waals surface area contributed by atoms with Gasteiger partial charge in [-0.15, -0.1) is 0 Å². The Balaban J connectivity index is 0.963. The van der Waals surface area contributed by atoms with E-state index in [9.17, 15) is 28.1 Å². The van der Waals surface area contributed by atoms with Gasteiger partial charge in [0.15, 0.2) is 10.7 Å². The Kier molecular flexibility index (Phi) is 12.1. The van der Waals surface area contributed by atoms with Crippen LogP contribution in [0, 0.1) is 10.1 Å². The minimum Gasteiger partial charge on any atom is -0.448 e. The van der Waals surface area contributed by atoms with Crippen LogP contribution in [0.3, 0.4) is 0 Å². The van der Waals surface area contributed by atoms with Crippen molar-refractivity contribution in [2.24, 2.45) is 0 Å². The van der Waals surface area contributed by atoms with Crippen LogP contribution < -0.4 is 0 Å². The molecule has 4 aromatic carbocycles. The number of benzene rings is 4. The molecule has 3 heterocycles. The molecule has 2 fully saturated rings. The molecule has 5 aromatic rings. The van der Waals surface area contributed by atoms with Crippen molar-refractivity contribution in [2.75, 3.05) is 26.2 Å². The Labute approximate surface area is 359 Å². The van der Waals surface area contributed by atoms with E-state index in [1.807, 2.05) is 30.3 Å². The second kappa shape index (κ2) is 17.7. The highest BCUT2D eigenvalue weighted by atomic mass is 32.2. The second-order valence-corrected chi connectivity index (χ2v) is 18.4. The summed E-state index contributed by atoms with van der Waals surface area (Å²) in [5.74, 6) is 0.385. The van der Waals surface area contributed by atoms with E-state index in [1.165, 1.54) is 17.0 Å². The number of aromatic nitrogens is 2. The van der Waals surface area contributed by atoms with Gasteiger partial charge in [0.05, 0.1) is 23.6 Å². The van der Waals surface area contributed by atoms with Crippen LogP contribution in [0.25, 0.3) is 11.1 Å². The first-order valence-electron chi connectivity index (χ1n) is 20.7. The maximum atomic E-state index is 14.4. The van der Waals surface area contributed by atoms with Crippen LogP contribution in [-0.2, 0) is 30.9 Å². The maximum absolute atomic E-state index is 14.4. The molecule has 2 unspecified atom stereocenters. The fraction of sp³-hybridized carbons (Fsp3) is 0.378. The number of rotatable bonds is 11. The topological polar surface area (TPSA) is 188 Å². The van der Waals surface area contributed by atoms with Crippen LogP contribution >= 0.6 is 0 Å².